The second kappa shape index (κ2) is 6.22. The third-order valence-corrected chi connectivity index (χ3v) is 2.85. The summed E-state index contributed by atoms with van der Waals surface area (Å²) in [7, 11) is 3.20. The van der Waals surface area contributed by atoms with Crippen molar-refractivity contribution in [2.45, 2.75) is 26.2 Å². The van der Waals surface area contributed by atoms with Crippen LogP contribution in [0.15, 0.2) is 22.7 Å². The summed E-state index contributed by atoms with van der Waals surface area (Å²) in [4.78, 5) is 4.37. The molecule has 0 aliphatic heterocycles. The van der Waals surface area contributed by atoms with Crippen molar-refractivity contribution >= 4 is 0 Å². The van der Waals surface area contributed by atoms with Crippen LogP contribution in [0.4, 0.5) is 0 Å². The Hall–Kier alpha value is -2.04. The molecule has 1 heterocycles. The first-order valence-electron chi connectivity index (χ1n) is 6.33. The lowest BCUT2D eigenvalue weighted by Gasteiger charge is -2.07. The monoisotopic (exact) mass is 262 g/mol. The molecule has 0 saturated heterocycles. The van der Waals surface area contributed by atoms with Gasteiger partial charge in [0.1, 0.15) is 0 Å². The van der Waals surface area contributed by atoms with E-state index in [1.165, 1.54) is 0 Å². The highest BCUT2D eigenvalue weighted by molar-refractivity contribution is 5.59. The number of aryl methyl sites for hydroxylation is 1. The first-order chi connectivity index (χ1) is 9.28. The normalized spacial score (nSPS) is 10.5. The highest BCUT2D eigenvalue weighted by atomic mass is 16.5. The van der Waals surface area contributed by atoms with E-state index in [2.05, 4.69) is 17.1 Å². The maximum atomic E-state index is 5.26. The van der Waals surface area contributed by atoms with Gasteiger partial charge in [-0.3, -0.25) is 0 Å². The molecule has 0 atom stereocenters. The number of benzene rings is 1. The van der Waals surface area contributed by atoms with Gasteiger partial charge in [0.05, 0.1) is 14.2 Å². The summed E-state index contributed by atoms with van der Waals surface area (Å²) in [5.41, 5.74) is 0.827. The Kier molecular flexibility index (Phi) is 4.39. The molecule has 5 nitrogen and oxygen atoms in total. The van der Waals surface area contributed by atoms with E-state index in [0.717, 1.165) is 30.7 Å². The van der Waals surface area contributed by atoms with E-state index in [9.17, 15) is 0 Å². The standard InChI is InChI=1S/C14H18N2O3/c1-4-5-6-13-15-14(19-16-13)10-7-8-11(17-2)12(9-10)18-3/h7-9H,4-6H2,1-3H3. The Morgan fingerprint density at radius 1 is 1.16 bits per heavy atom. The predicted octanol–water partition coefficient (Wildman–Crippen LogP) is 3.10. The number of rotatable bonds is 6. The molecule has 0 fully saturated rings. The summed E-state index contributed by atoms with van der Waals surface area (Å²) >= 11 is 0. The molecule has 19 heavy (non-hydrogen) atoms. The van der Waals surface area contributed by atoms with Crippen LogP contribution in [0.3, 0.4) is 0 Å². The smallest absolute Gasteiger partial charge is 0.258 e. The van der Waals surface area contributed by atoms with Gasteiger partial charge in [-0.15, -0.1) is 0 Å². The molecule has 0 radical (unpaired) electrons. The molecule has 0 unspecified atom stereocenters. The minimum atomic E-state index is 0.507. The molecule has 0 bridgehead atoms. The van der Waals surface area contributed by atoms with Crippen LogP contribution in [-0.2, 0) is 6.42 Å². The Balaban J connectivity index is 2.23. The van der Waals surface area contributed by atoms with Crippen LogP contribution in [0.25, 0.3) is 11.5 Å². The van der Waals surface area contributed by atoms with Crippen LogP contribution in [0.1, 0.15) is 25.6 Å². The van der Waals surface area contributed by atoms with Crippen molar-refractivity contribution in [1.29, 1.82) is 0 Å². The van der Waals surface area contributed by atoms with E-state index in [4.69, 9.17) is 14.0 Å². The van der Waals surface area contributed by atoms with Gasteiger partial charge < -0.3 is 14.0 Å². The summed E-state index contributed by atoms with van der Waals surface area (Å²) in [6, 6.07) is 5.53. The zero-order valence-corrected chi connectivity index (χ0v) is 11.5. The average molecular weight is 262 g/mol. The zero-order valence-electron chi connectivity index (χ0n) is 11.5. The van der Waals surface area contributed by atoms with E-state index in [-0.39, 0.29) is 0 Å². The maximum Gasteiger partial charge on any atom is 0.258 e. The van der Waals surface area contributed by atoms with Crippen molar-refractivity contribution in [1.82, 2.24) is 10.1 Å². The van der Waals surface area contributed by atoms with Crippen molar-refractivity contribution in [3.63, 3.8) is 0 Å². The van der Waals surface area contributed by atoms with E-state index in [0.29, 0.717) is 17.4 Å². The van der Waals surface area contributed by atoms with E-state index in [1.807, 2.05) is 18.2 Å². The van der Waals surface area contributed by atoms with Gasteiger partial charge in [0, 0.05) is 12.0 Å². The Morgan fingerprint density at radius 3 is 2.63 bits per heavy atom. The lowest BCUT2D eigenvalue weighted by molar-refractivity contribution is 0.355. The molecule has 0 spiro atoms. The molecular weight excluding hydrogens is 244 g/mol. The molecule has 2 aromatic rings. The molecule has 102 valence electrons. The van der Waals surface area contributed by atoms with Gasteiger partial charge in [0.25, 0.3) is 5.89 Å². The lowest BCUT2D eigenvalue weighted by Crippen LogP contribution is -1.91. The molecule has 0 aliphatic rings. The van der Waals surface area contributed by atoms with Crippen molar-refractivity contribution in [2.24, 2.45) is 0 Å². The number of ether oxygens (including phenoxy) is 2. The highest BCUT2D eigenvalue weighted by Gasteiger charge is 2.12. The maximum absolute atomic E-state index is 5.26. The van der Waals surface area contributed by atoms with Crippen LogP contribution >= 0.6 is 0 Å². The van der Waals surface area contributed by atoms with Crippen molar-refractivity contribution in [3.8, 4) is 23.0 Å². The van der Waals surface area contributed by atoms with E-state index in [1.54, 1.807) is 14.2 Å². The molecule has 0 amide bonds. The van der Waals surface area contributed by atoms with Gasteiger partial charge in [0.15, 0.2) is 17.3 Å². The van der Waals surface area contributed by atoms with Crippen LogP contribution in [0, 0.1) is 0 Å². The number of nitrogens with zero attached hydrogens (tertiary/aromatic N) is 2. The van der Waals surface area contributed by atoms with Crippen LogP contribution in [0.2, 0.25) is 0 Å². The predicted molar refractivity (Wildman–Crippen MR) is 71.5 cm³/mol. The first-order valence-corrected chi connectivity index (χ1v) is 6.33. The van der Waals surface area contributed by atoms with Crippen LogP contribution < -0.4 is 9.47 Å². The number of aromatic nitrogens is 2. The van der Waals surface area contributed by atoms with Gasteiger partial charge in [0.2, 0.25) is 0 Å². The first kappa shape index (κ1) is 13.4. The molecular formula is C14H18N2O3. The molecule has 0 N–H and O–H groups in total. The lowest BCUT2D eigenvalue weighted by atomic mass is 10.2. The molecule has 1 aromatic heterocycles. The highest BCUT2D eigenvalue weighted by Crippen LogP contribution is 2.31. The summed E-state index contributed by atoms with van der Waals surface area (Å²) in [5, 5.41) is 3.97. The van der Waals surface area contributed by atoms with E-state index < -0.39 is 0 Å². The molecule has 0 aliphatic carbocycles. The second-order valence-corrected chi connectivity index (χ2v) is 4.19. The quantitative estimate of drug-likeness (QED) is 0.800. The van der Waals surface area contributed by atoms with Crippen molar-refractivity contribution in [2.75, 3.05) is 14.2 Å². The van der Waals surface area contributed by atoms with Crippen molar-refractivity contribution in [3.05, 3.63) is 24.0 Å². The van der Waals surface area contributed by atoms with E-state index >= 15 is 0 Å². The molecule has 0 saturated carbocycles. The third kappa shape index (κ3) is 3.05. The SMILES string of the molecule is CCCCc1noc(-c2ccc(OC)c(OC)c2)n1. The van der Waals surface area contributed by atoms with Gasteiger partial charge >= 0.3 is 0 Å². The van der Waals surface area contributed by atoms with Gasteiger partial charge in [-0.25, -0.2) is 0 Å². The second-order valence-electron chi connectivity index (χ2n) is 4.19. The molecule has 2 rings (SSSR count). The summed E-state index contributed by atoms with van der Waals surface area (Å²) < 4.78 is 15.7. The van der Waals surface area contributed by atoms with Gasteiger partial charge in [-0.2, -0.15) is 4.98 Å². The summed E-state index contributed by atoms with van der Waals surface area (Å²) in [6.45, 7) is 2.13. The van der Waals surface area contributed by atoms with Crippen LogP contribution in [0.5, 0.6) is 11.5 Å². The number of methoxy groups -OCH3 is 2. The fourth-order valence-electron chi connectivity index (χ4n) is 1.78. The Labute approximate surface area is 112 Å². The topological polar surface area (TPSA) is 57.4 Å². The average Bonchev–Trinajstić information content (AvgIpc) is 2.93. The molecule has 1 aromatic carbocycles. The Morgan fingerprint density at radius 2 is 1.95 bits per heavy atom. The summed E-state index contributed by atoms with van der Waals surface area (Å²) in [5.74, 6) is 2.57. The fourth-order valence-corrected chi connectivity index (χ4v) is 1.78. The van der Waals surface area contributed by atoms with Crippen LogP contribution in [-0.4, -0.2) is 24.4 Å². The number of hydrogen-bond acceptors (Lipinski definition) is 5. The summed E-state index contributed by atoms with van der Waals surface area (Å²) in [6.07, 6.45) is 3.01. The van der Waals surface area contributed by atoms with Gasteiger partial charge in [-0.05, 0) is 24.6 Å². The third-order valence-electron chi connectivity index (χ3n) is 2.85. The molecule has 5 heteroatoms. The van der Waals surface area contributed by atoms with Crippen molar-refractivity contribution < 1.29 is 14.0 Å². The minimum Gasteiger partial charge on any atom is -0.493 e. The largest absolute Gasteiger partial charge is 0.493 e. The van der Waals surface area contributed by atoms with Gasteiger partial charge in [-0.1, -0.05) is 18.5 Å². The Bertz CT molecular complexity index is 537. The zero-order chi connectivity index (χ0) is 13.7. The minimum absolute atomic E-state index is 0.507. The fraction of sp³-hybridized carbons (Fsp3) is 0.429. The number of hydrogen-bond donors (Lipinski definition) is 0. The number of unbranched alkanes of at least 4 members (excludes halogenated alkanes) is 1.